The molecule has 0 aliphatic carbocycles. The highest BCUT2D eigenvalue weighted by Gasteiger charge is 2.27. The van der Waals surface area contributed by atoms with Crippen molar-refractivity contribution in [3.8, 4) is 45.8 Å². The largest absolute Gasteiger partial charge is 0.493 e. The zero-order chi connectivity index (χ0) is 29.9. The first kappa shape index (κ1) is 31.1. The average molecular weight is 569 g/mol. The van der Waals surface area contributed by atoms with Gasteiger partial charge in [-0.2, -0.15) is 0 Å². The first-order chi connectivity index (χ1) is 19.8. The zero-order valence-electron chi connectivity index (χ0n) is 24.3. The van der Waals surface area contributed by atoms with Gasteiger partial charge in [-0.3, -0.25) is 14.4 Å². The Morgan fingerprint density at radius 2 is 1.51 bits per heavy atom. The first-order valence-corrected chi connectivity index (χ1v) is 13.4. The Morgan fingerprint density at radius 1 is 0.780 bits per heavy atom. The van der Waals surface area contributed by atoms with Crippen molar-refractivity contribution in [2.75, 3.05) is 28.4 Å². The van der Waals surface area contributed by atoms with Gasteiger partial charge in [-0.15, -0.1) is 0 Å². The van der Waals surface area contributed by atoms with Crippen molar-refractivity contribution < 1.29 is 42.4 Å². The Bertz CT molecular complexity index is 1470. The van der Waals surface area contributed by atoms with Crippen LogP contribution in [-0.4, -0.2) is 40.4 Å². The summed E-state index contributed by atoms with van der Waals surface area (Å²) >= 11 is 0. The van der Waals surface area contributed by atoms with Gasteiger partial charge in [0.2, 0.25) is 16.9 Å². The maximum Gasteiger partial charge on any atom is 0.315 e. The molecule has 41 heavy (non-hydrogen) atoms. The van der Waals surface area contributed by atoms with Crippen molar-refractivity contribution in [1.29, 1.82) is 0 Å². The molecule has 0 aliphatic heterocycles. The summed E-state index contributed by atoms with van der Waals surface area (Å²) in [4.78, 5) is 38.9. The van der Waals surface area contributed by atoms with Crippen molar-refractivity contribution in [1.82, 2.24) is 0 Å². The summed E-state index contributed by atoms with van der Waals surface area (Å²) in [6.07, 6.45) is 7.10. The molecule has 0 N–H and O–H groups in total. The fourth-order valence-electron chi connectivity index (χ4n) is 4.17. The number of ether oxygens (including phenoxy) is 6. The minimum absolute atomic E-state index is 0.0119. The summed E-state index contributed by atoms with van der Waals surface area (Å²) in [5.74, 6) is -0.519. The van der Waals surface area contributed by atoms with Crippen molar-refractivity contribution in [3.05, 3.63) is 46.6 Å². The number of esters is 2. The number of allylic oxidation sites excluding steroid dienone is 1. The van der Waals surface area contributed by atoms with Crippen LogP contribution in [0, 0.1) is 0 Å². The van der Waals surface area contributed by atoms with E-state index in [0.717, 1.165) is 19.3 Å². The normalized spacial score (nSPS) is 11.0. The number of carbonyl (C=O) groups is 2. The summed E-state index contributed by atoms with van der Waals surface area (Å²) < 4.78 is 39.1. The van der Waals surface area contributed by atoms with E-state index in [1.165, 1.54) is 40.6 Å². The molecule has 0 saturated heterocycles. The van der Waals surface area contributed by atoms with Crippen molar-refractivity contribution >= 4 is 22.9 Å². The van der Waals surface area contributed by atoms with Crippen LogP contribution in [0.1, 0.15) is 52.4 Å². The summed E-state index contributed by atoms with van der Waals surface area (Å²) in [6, 6.07) is 6.23. The maximum absolute atomic E-state index is 13.8. The summed E-state index contributed by atoms with van der Waals surface area (Å²) in [6.45, 7) is 3.99. The number of unbranched alkanes of at least 4 members (excludes halogenated alkanes) is 2. The zero-order valence-corrected chi connectivity index (χ0v) is 24.3. The van der Waals surface area contributed by atoms with Gasteiger partial charge in [0.05, 0.1) is 34.9 Å². The molecule has 1 aromatic heterocycles. The van der Waals surface area contributed by atoms with Crippen LogP contribution < -0.4 is 33.8 Å². The molecular formula is C31H36O10. The van der Waals surface area contributed by atoms with Crippen LogP contribution in [0.4, 0.5) is 0 Å². The molecule has 220 valence electrons. The lowest BCUT2D eigenvalue weighted by molar-refractivity contribution is -0.135. The van der Waals surface area contributed by atoms with Crippen molar-refractivity contribution in [3.63, 3.8) is 0 Å². The van der Waals surface area contributed by atoms with E-state index in [-0.39, 0.29) is 58.3 Å². The fraction of sp³-hybridized carbons (Fsp3) is 0.387. The number of rotatable bonds is 14. The lowest BCUT2D eigenvalue weighted by Crippen LogP contribution is -2.14. The Hall–Kier alpha value is -4.47. The van der Waals surface area contributed by atoms with E-state index in [2.05, 4.69) is 0 Å². The molecule has 3 rings (SSSR count). The molecule has 0 saturated carbocycles. The maximum atomic E-state index is 13.8. The third-order valence-electron chi connectivity index (χ3n) is 6.18. The first-order valence-electron chi connectivity index (χ1n) is 13.4. The molecule has 0 fully saturated rings. The van der Waals surface area contributed by atoms with Crippen molar-refractivity contribution in [2.24, 2.45) is 0 Å². The van der Waals surface area contributed by atoms with E-state index in [1.54, 1.807) is 18.2 Å². The van der Waals surface area contributed by atoms with Gasteiger partial charge < -0.3 is 32.8 Å². The molecule has 0 radical (unpaired) electrons. The molecule has 0 unspecified atom stereocenters. The average Bonchev–Trinajstić information content (AvgIpc) is 2.96. The van der Waals surface area contributed by atoms with Gasteiger partial charge in [0.15, 0.2) is 28.8 Å². The van der Waals surface area contributed by atoms with Crippen molar-refractivity contribution in [2.45, 2.75) is 52.4 Å². The van der Waals surface area contributed by atoms with E-state index in [0.29, 0.717) is 17.7 Å². The number of methoxy groups -OCH3 is 4. The van der Waals surface area contributed by atoms with Crippen LogP contribution in [0.25, 0.3) is 22.3 Å². The second-order valence-corrected chi connectivity index (χ2v) is 8.96. The van der Waals surface area contributed by atoms with Gasteiger partial charge in [-0.25, -0.2) is 0 Å². The third-order valence-corrected chi connectivity index (χ3v) is 6.18. The minimum Gasteiger partial charge on any atom is -0.493 e. The monoisotopic (exact) mass is 568 g/mol. The van der Waals surface area contributed by atoms with Crippen LogP contribution in [-0.2, 0) is 9.59 Å². The molecular weight excluding hydrogens is 532 g/mol. The Morgan fingerprint density at radius 3 is 2.15 bits per heavy atom. The highest BCUT2D eigenvalue weighted by atomic mass is 16.6. The predicted octanol–water partition coefficient (Wildman–Crippen LogP) is 6.24. The minimum atomic E-state index is -0.606. The Kier molecular flexibility index (Phi) is 11.2. The molecule has 2 aromatic carbocycles. The highest BCUT2D eigenvalue weighted by molar-refractivity contribution is 5.94. The fourth-order valence-corrected chi connectivity index (χ4v) is 4.17. The van der Waals surface area contributed by atoms with E-state index < -0.39 is 17.4 Å². The number of carbonyl (C=O) groups excluding carboxylic acids is 2. The molecule has 0 amide bonds. The molecule has 0 spiro atoms. The molecule has 0 bridgehead atoms. The smallest absolute Gasteiger partial charge is 0.315 e. The Labute approximate surface area is 238 Å². The third kappa shape index (κ3) is 7.19. The standard InChI is InChI=1S/C31H36O10/c1-7-9-11-13-24(32)39-21-17-19(15-16-20(21)35-3)28-31(38-6)27(34)26-22(40-28)18-23(36-4)29(37-5)30(26)41-25(33)14-12-10-8-2/h10,12,15-18H,7-9,11,13-14H2,1-6H3. The van der Waals surface area contributed by atoms with Crippen LogP contribution in [0.5, 0.6) is 34.5 Å². The predicted molar refractivity (Wildman–Crippen MR) is 154 cm³/mol. The van der Waals surface area contributed by atoms with Gasteiger partial charge in [0, 0.05) is 18.1 Å². The molecule has 1 heterocycles. The highest BCUT2D eigenvalue weighted by Crippen LogP contribution is 2.45. The SMILES string of the molecule is CCC=CCC(=O)Oc1c(OC)c(OC)cc2oc(-c3ccc(OC)c(OC(=O)CCCCC)c3)c(OC)c(=O)c12. The van der Waals surface area contributed by atoms with Gasteiger partial charge in [0.1, 0.15) is 11.0 Å². The van der Waals surface area contributed by atoms with E-state index >= 15 is 0 Å². The quantitative estimate of drug-likeness (QED) is 0.0956. The molecule has 0 atom stereocenters. The number of hydrogen-bond acceptors (Lipinski definition) is 10. The van der Waals surface area contributed by atoms with Crippen LogP contribution in [0.15, 0.2) is 45.6 Å². The summed E-state index contributed by atoms with van der Waals surface area (Å²) in [5, 5.41) is -0.0628. The van der Waals surface area contributed by atoms with Gasteiger partial charge in [-0.05, 0) is 31.0 Å². The number of fused-ring (bicyclic) bond motifs is 1. The molecule has 0 aliphatic rings. The lowest BCUT2D eigenvalue weighted by Gasteiger charge is -2.17. The number of hydrogen-bond donors (Lipinski definition) is 0. The van der Waals surface area contributed by atoms with Crippen LogP contribution in [0.3, 0.4) is 0 Å². The summed E-state index contributed by atoms with van der Waals surface area (Å²) in [5.41, 5.74) is -0.161. The van der Waals surface area contributed by atoms with Crippen LogP contribution in [0.2, 0.25) is 0 Å². The molecule has 10 heteroatoms. The lowest BCUT2D eigenvalue weighted by atomic mass is 10.1. The topological polar surface area (TPSA) is 120 Å². The van der Waals surface area contributed by atoms with Gasteiger partial charge >= 0.3 is 11.9 Å². The van der Waals surface area contributed by atoms with E-state index in [4.69, 9.17) is 32.8 Å². The number of benzene rings is 2. The van der Waals surface area contributed by atoms with E-state index in [1.807, 2.05) is 19.9 Å². The molecule has 3 aromatic rings. The Balaban J connectivity index is 2.19. The van der Waals surface area contributed by atoms with E-state index in [9.17, 15) is 14.4 Å². The van der Waals surface area contributed by atoms with Crippen LogP contribution >= 0.6 is 0 Å². The van der Waals surface area contributed by atoms with Gasteiger partial charge in [0.25, 0.3) is 0 Å². The van der Waals surface area contributed by atoms with Gasteiger partial charge in [-0.1, -0.05) is 38.8 Å². The summed E-state index contributed by atoms with van der Waals surface area (Å²) in [7, 11) is 5.56. The molecule has 10 nitrogen and oxygen atoms in total. The second-order valence-electron chi connectivity index (χ2n) is 8.96. The second kappa shape index (κ2) is 14.8.